The number of rotatable bonds is 4. The van der Waals surface area contributed by atoms with Gasteiger partial charge in [-0.3, -0.25) is 4.79 Å². The molecular formula is C12H11ClO5. The van der Waals surface area contributed by atoms with Gasteiger partial charge >= 0.3 is 11.9 Å². The minimum atomic E-state index is -1.07. The Morgan fingerprint density at radius 1 is 1.39 bits per heavy atom. The molecule has 0 aromatic heterocycles. The molecule has 1 aromatic rings. The molecule has 5 nitrogen and oxygen atoms in total. The van der Waals surface area contributed by atoms with E-state index < -0.39 is 11.9 Å². The van der Waals surface area contributed by atoms with Crippen molar-refractivity contribution in [3.8, 4) is 11.5 Å². The summed E-state index contributed by atoms with van der Waals surface area (Å²) in [5, 5.41) is 8.69. The SMILES string of the molecule is COc1cc(C=CC(=O)O)cc(Cl)c1OC(C)=O. The highest BCUT2D eigenvalue weighted by atomic mass is 35.5. The Labute approximate surface area is 109 Å². The quantitative estimate of drug-likeness (QED) is 0.517. The minimum absolute atomic E-state index is 0.110. The van der Waals surface area contributed by atoms with E-state index in [0.717, 1.165) is 6.08 Å². The maximum atomic E-state index is 10.9. The summed E-state index contributed by atoms with van der Waals surface area (Å²) in [7, 11) is 1.39. The van der Waals surface area contributed by atoms with Crippen LogP contribution in [0.5, 0.6) is 11.5 Å². The van der Waals surface area contributed by atoms with E-state index in [9.17, 15) is 9.59 Å². The van der Waals surface area contributed by atoms with Crippen LogP contribution in [0.3, 0.4) is 0 Å². The molecule has 0 amide bonds. The molecular weight excluding hydrogens is 260 g/mol. The molecule has 18 heavy (non-hydrogen) atoms. The molecule has 0 aliphatic rings. The lowest BCUT2D eigenvalue weighted by Gasteiger charge is -2.10. The van der Waals surface area contributed by atoms with Crippen molar-refractivity contribution in [1.29, 1.82) is 0 Å². The average molecular weight is 271 g/mol. The van der Waals surface area contributed by atoms with E-state index in [2.05, 4.69) is 0 Å². The topological polar surface area (TPSA) is 72.8 Å². The molecule has 96 valence electrons. The summed E-state index contributed by atoms with van der Waals surface area (Å²) in [6, 6.07) is 2.99. The molecule has 0 radical (unpaired) electrons. The summed E-state index contributed by atoms with van der Waals surface area (Å²) in [6.45, 7) is 1.24. The zero-order chi connectivity index (χ0) is 13.7. The second kappa shape index (κ2) is 6.07. The van der Waals surface area contributed by atoms with Gasteiger partial charge in [-0.1, -0.05) is 11.6 Å². The highest BCUT2D eigenvalue weighted by molar-refractivity contribution is 6.32. The van der Waals surface area contributed by atoms with Crippen LogP contribution in [-0.2, 0) is 9.59 Å². The fourth-order valence-electron chi connectivity index (χ4n) is 1.25. The number of carbonyl (C=O) groups is 2. The van der Waals surface area contributed by atoms with Crippen molar-refractivity contribution >= 4 is 29.6 Å². The Kier molecular flexibility index (Phi) is 4.74. The van der Waals surface area contributed by atoms with Crippen LogP contribution in [0.1, 0.15) is 12.5 Å². The van der Waals surface area contributed by atoms with Crippen molar-refractivity contribution in [2.24, 2.45) is 0 Å². The predicted molar refractivity (Wildman–Crippen MR) is 66.0 cm³/mol. The van der Waals surface area contributed by atoms with Crippen molar-refractivity contribution < 1.29 is 24.2 Å². The van der Waals surface area contributed by atoms with Gasteiger partial charge in [0, 0.05) is 13.0 Å². The van der Waals surface area contributed by atoms with Gasteiger partial charge < -0.3 is 14.6 Å². The van der Waals surface area contributed by atoms with Gasteiger partial charge in [0.2, 0.25) is 0 Å². The number of carboxylic acids is 1. The molecule has 0 heterocycles. The summed E-state index contributed by atoms with van der Waals surface area (Å²) < 4.78 is 9.94. The number of hydrogen-bond donors (Lipinski definition) is 1. The lowest BCUT2D eigenvalue weighted by Crippen LogP contribution is -2.03. The zero-order valence-electron chi connectivity index (χ0n) is 9.77. The number of esters is 1. The summed E-state index contributed by atoms with van der Waals surface area (Å²) in [6.07, 6.45) is 2.32. The monoisotopic (exact) mass is 270 g/mol. The summed E-state index contributed by atoms with van der Waals surface area (Å²) in [4.78, 5) is 21.3. The molecule has 0 saturated heterocycles. The second-order valence-electron chi connectivity index (χ2n) is 3.30. The van der Waals surface area contributed by atoms with E-state index in [0.29, 0.717) is 5.56 Å². The number of halogens is 1. The van der Waals surface area contributed by atoms with E-state index in [1.54, 1.807) is 0 Å². The van der Waals surface area contributed by atoms with Crippen LogP contribution in [0.2, 0.25) is 5.02 Å². The molecule has 0 fully saturated rings. The fraction of sp³-hybridized carbons (Fsp3) is 0.167. The van der Waals surface area contributed by atoms with E-state index in [-0.39, 0.29) is 16.5 Å². The second-order valence-corrected chi connectivity index (χ2v) is 3.71. The molecule has 0 bridgehead atoms. The maximum absolute atomic E-state index is 10.9. The Morgan fingerprint density at radius 3 is 2.56 bits per heavy atom. The average Bonchev–Trinajstić information content (AvgIpc) is 2.28. The van der Waals surface area contributed by atoms with Crippen molar-refractivity contribution in [1.82, 2.24) is 0 Å². The van der Waals surface area contributed by atoms with Crippen LogP contribution in [0, 0.1) is 0 Å². The van der Waals surface area contributed by atoms with Gasteiger partial charge in [0.05, 0.1) is 12.1 Å². The lowest BCUT2D eigenvalue weighted by molar-refractivity contribution is -0.132. The van der Waals surface area contributed by atoms with Gasteiger partial charge in [0.15, 0.2) is 11.5 Å². The first-order valence-electron chi connectivity index (χ1n) is 4.91. The number of carbonyl (C=O) groups excluding carboxylic acids is 1. The number of hydrogen-bond acceptors (Lipinski definition) is 4. The minimum Gasteiger partial charge on any atom is -0.493 e. The van der Waals surface area contributed by atoms with Crippen LogP contribution < -0.4 is 9.47 Å². The highest BCUT2D eigenvalue weighted by Crippen LogP contribution is 2.36. The van der Waals surface area contributed by atoms with Crippen molar-refractivity contribution in [3.63, 3.8) is 0 Å². The first-order valence-corrected chi connectivity index (χ1v) is 5.28. The van der Waals surface area contributed by atoms with Gasteiger partial charge in [-0.25, -0.2) is 4.79 Å². The fourth-order valence-corrected chi connectivity index (χ4v) is 1.50. The van der Waals surface area contributed by atoms with Crippen LogP contribution in [0.25, 0.3) is 6.08 Å². The van der Waals surface area contributed by atoms with Crippen LogP contribution >= 0.6 is 11.6 Å². The van der Waals surface area contributed by atoms with Gasteiger partial charge in [-0.15, -0.1) is 0 Å². The third-order valence-corrected chi connectivity index (χ3v) is 2.20. The van der Waals surface area contributed by atoms with Crippen LogP contribution in [-0.4, -0.2) is 24.2 Å². The molecule has 0 aliphatic carbocycles. The smallest absolute Gasteiger partial charge is 0.328 e. The first kappa shape index (κ1) is 14.1. The summed E-state index contributed by atoms with van der Waals surface area (Å²) >= 11 is 5.93. The number of methoxy groups -OCH3 is 1. The number of ether oxygens (including phenoxy) is 2. The number of benzene rings is 1. The van der Waals surface area contributed by atoms with Gasteiger partial charge in [-0.05, 0) is 23.8 Å². The Morgan fingerprint density at radius 2 is 2.06 bits per heavy atom. The van der Waals surface area contributed by atoms with Crippen LogP contribution in [0.4, 0.5) is 0 Å². The van der Waals surface area contributed by atoms with Gasteiger partial charge in [0.1, 0.15) is 0 Å². The molecule has 0 unspecified atom stereocenters. The largest absolute Gasteiger partial charge is 0.493 e. The molecule has 6 heteroatoms. The molecule has 1 rings (SSSR count). The van der Waals surface area contributed by atoms with Gasteiger partial charge in [-0.2, -0.15) is 0 Å². The van der Waals surface area contributed by atoms with E-state index in [1.165, 1.54) is 32.2 Å². The normalized spacial score (nSPS) is 10.4. The summed E-state index contributed by atoms with van der Waals surface area (Å²) in [5.74, 6) is -1.24. The first-order chi connectivity index (χ1) is 8.43. The third kappa shape index (κ3) is 3.78. The highest BCUT2D eigenvalue weighted by Gasteiger charge is 2.13. The van der Waals surface area contributed by atoms with Crippen LogP contribution in [0.15, 0.2) is 18.2 Å². The van der Waals surface area contributed by atoms with Crippen molar-refractivity contribution in [2.45, 2.75) is 6.92 Å². The molecule has 0 atom stereocenters. The third-order valence-electron chi connectivity index (χ3n) is 1.92. The maximum Gasteiger partial charge on any atom is 0.328 e. The molecule has 0 spiro atoms. The molecule has 0 saturated carbocycles. The van der Waals surface area contributed by atoms with Gasteiger partial charge in [0.25, 0.3) is 0 Å². The standard InChI is InChI=1S/C12H11ClO5/c1-7(14)18-12-9(13)5-8(3-4-11(15)16)6-10(12)17-2/h3-6H,1-2H3,(H,15,16). The van der Waals surface area contributed by atoms with Crippen molar-refractivity contribution in [3.05, 3.63) is 28.8 Å². The van der Waals surface area contributed by atoms with E-state index in [4.69, 9.17) is 26.2 Å². The van der Waals surface area contributed by atoms with E-state index in [1.807, 2.05) is 0 Å². The number of carboxylic acid groups (broad SMARTS) is 1. The molecule has 1 aromatic carbocycles. The zero-order valence-corrected chi connectivity index (χ0v) is 10.5. The molecule has 0 aliphatic heterocycles. The lowest BCUT2D eigenvalue weighted by atomic mass is 10.2. The summed E-state index contributed by atoms with van der Waals surface area (Å²) in [5.41, 5.74) is 0.523. The Balaban J connectivity index is 3.17. The Bertz CT molecular complexity index is 507. The van der Waals surface area contributed by atoms with E-state index >= 15 is 0 Å². The molecule has 1 N–H and O–H groups in total. The predicted octanol–water partition coefficient (Wildman–Crippen LogP) is 2.37. The van der Waals surface area contributed by atoms with Crippen molar-refractivity contribution in [2.75, 3.05) is 7.11 Å². The number of aliphatic carboxylic acids is 1. The Hall–Kier alpha value is -2.01.